The summed E-state index contributed by atoms with van der Waals surface area (Å²) in [6.45, 7) is 1.84. The first-order valence-corrected chi connectivity index (χ1v) is 14.8. The van der Waals surface area contributed by atoms with E-state index in [1.54, 1.807) is 37.1 Å². The molecule has 5 rings (SSSR count). The third kappa shape index (κ3) is 11.3. The molecule has 9 nitrogen and oxygen atoms in total. The maximum absolute atomic E-state index is 12.1. The van der Waals surface area contributed by atoms with E-state index in [0.717, 1.165) is 22.7 Å². The molecule has 41 heavy (non-hydrogen) atoms. The highest BCUT2D eigenvalue weighted by molar-refractivity contribution is 7.96. The second kappa shape index (κ2) is 18.6. The summed E-state index contributed by atoms with van der Waals surface area (Å²) >= 11 is 1.76. The van der Waals surface area contributed by atoms with Crippen LogP contribution in [0.1, 0.15) is 70.8 Å². The van der Waals surface area contributed by atoms with Crippen molar-refractivity contribution in [3.63, 3.8) is 0 Å². The number of aryl methyl sites for hydroxylation is 1. The number of carbonyl (C=O) groups excluding carboxylic acids is 2. The standard InChI is InChI=1S/C16H14N2O3.C7H15NS.C7H8O.CH3NO/c1-10-6-7-12(9-15(10)18(20)21)14-8-11-4-2-3-5-13(11)16(19)17-14;1-9-8-7-5-3-2-4-6-7;8-6-7-4-2-1-3-5-7;2-1-3/h2-7,9,14H,8H2,1H3,(H,17,19);7-8H,2-6H2,1H3;1-5,8H,6H2;1H,(H2,2,3). The van der Waals surface area contributed by atoms with Crippen LogP contribution in [-0.4, -0.2) is 34.6 Å². The van der Waals surface area contributed by atoms with Crippen molar-refractivity contribution >= 4 is 30.0 Å². The SMILES string of the molecule is CSNC1CCCCC1.Cc1ccc(C2Cc3ccccc3C(=O)N2)cc1[N+](=O)[O-].NC=O.OCc1ccccc1. The van der Waals surface area contributed by atoms with E-state index in [1.807, 2.05) is 54.6 Å². The number of hydrogen-bond acceptors (Lipinski definition) is 7. The Morgan fingerprint density at radius 2 is 1.71 bits per heavy atom. The fourth-order valence-corrected chi connectivity index (χ4v) is 5.21. The zero-order chi connectivity index (χ0) is 30.0. The van der Waals surface area contributed by atoms with E-state index in [9.17, 15) is 14.9 Å². The van der Waals surface area contributed by atoms with E-state index in [4.69, 9.17) is 9.90 Å². The number of hydrogen-bond donors (Lipinski definition) is 4. The van der Waals surface area contributed by atoms with Crippen LogP contribution in [0.25, 0.3) is 0 Å². The van der Waals surface area contributed by atoms with Crippen LogP contribution in [0, 0.1) is 17.0 Å². The molecule has 10 heteroatoms. The number of nitro benzene ring substituents is 1. The molecule has 1 saturated carbocycles. The van der Waals surface area contributed by atoms with Gasteiger partial charge in [-0.2, -0.15) is 0 Å². The predicted octanol–water partition coefficient (Wildman–Crippen LogP) is 5.40. The molecule has 0 saturated heterocycles. The van der Waals surface area contributed by atoms with Crippen molar-refractivity contribution < 1.29 is 19.6 Å². The minimum atomic E-state index is -0.391. The lowest BCUT2D eigenvalue weighted by molar-refractivity contribution is -0.385. The van der Waals surface area contributed by atoms with Crippen molar-refractivity contribution in [2.45, 2.75) is 64.1 Å². The first-order valence-electron chi connectivity index (χ1n) is 13.6. The minimum absolute atomic E-state index is 0.0839. The molecule has 5 N–H and O–H groups in total. The second-order valence-electron chi connectivity index (χ2n) is 9.63. The van der Waals surface area contributed by atoms with Gasteiger partial charge < -0.3 is 16.2 Å². The van der Waals surface area contributed by atoms with Crippen LogP contribution < -0.4 is 15.8 Å². The van der Waals surface area contributed by atoms with Crippen LogP contribution in [0.3, 0.4) is 0 Å². The highest BCUT2D eigenvalue weighted by Gasteiger charge is 2.26. The Morgan fingerprint density at radius 3 is 2.29 bits per heavy atom. The summed E-state index contributed by atoms with van der Waals surface area (Å²) in [6, 6.07) is 22.6. The van der Waals surface area contributed by atoms with Gasteiger partial charge in [-0.3, -0.25) is 24.4 Å². The summed E-state index contributed by atoms with van der Waals surface area (Å²) in [4.78, 5) is 31.3. The Labute approximate surface area is 246 Å². The molecule has 1 unspecified atom stereocenters. The molecule has 2 aliphatic rings. The van der Waals surface area contributed by atoms with E-state index < -0.39 is 4.92 Å². The molecule has 0 bridgehead atoms. The number of nitrogens with zero attached hydrogens (tertiary/aromatic N) is 1. The number of carbonyl (C=O) groups is 2. The van der Waals surface area contributed by atoms with Crippen molar-refractivity contribution in [1.82, 2.24) is 10.0 Å². The van der Waals surface area contributed by atoms with Gasteiger partial charge in [0.25, 0.3) is 11.6 Å². The van der Waals surface area contributed by atoms with E-state index in [1.165, 1.54) is 32.1 Å². The summed E-state index contributed by atoms with van der Waals surface area (Å²) in [5, 5.41) is 22.5. The first kappa shape index (κ1) is 33.5. The number of aliphatic hydroxyl groups excluding tert-OH is 1. The van der Waals surface area contributed by atoms with Crippen molar-refractivity contribution in [2.24, 2.45) is 5.73 Å². The van der Waals surface area contributed by atoms with Crippen LogP contribution >= 0.6 is 11.9 Å². The molecule has 1 atom stereocenters. The number of aliphatic hydroxyl groups is 1. The van der Waals surface area contributed by atoms with E-state index >= 15 is 0 Å². The normalized spacial score (nSPS) is 15.7. The maximum Gasteiger partial charge on any atom is 0.272 e. The van der Waals surface area contributed by atoms with Gasteiger partial charge >= 0.3 is 0 Å². The van der Waals surface area contributed by atoms with Crippen LogP contribution in [0.4, 0.5) is 5.69 Å². The third-order valence-electron chi connectivity index (χ3n) is 6.74. The van der Waals surface area contributed by atoms with E-state index in [-0.39, 0.29) is 30.7 Å². The zero-order valence-electron chi connectivity index (χ0n) is 23.6. The Hall–Kier alpha value is -3.73. The number of primary amides is 1. The van der Waals surface area contributed by atoms with Crippen LogP contribution in [0.15, 0.2) is 72.8 Å². The number of nitro groups is 1. The van der Waals surface area contributed by atoms with Crippen LogP contribution in [0.2, 0.25) is 0 Å². The summed E-state index contributed by atoms with van der Waals surface area (Å²) in [6.07, 6.45) is 10.1. The molecule has 1 fully saturated rings. The predicted molar refractivity (Wildman–Crippen MR) is 164 cm³/mol. The average Bonchev–Trinajstić information content (AvgIpc) is 2.99. The Morgan fingerprint density at radius 1 is 1.07 bits per heavy atom. The van der Waals surface area contributed by atoms with Gasteiger partial charge in [0.2, 0.25) is 6.41 Å². The minimum Gasteiger partial charge on any atom is -0.392 e. The number of nitrogens with one attached hydrogen (secondary N) is 2. The molecule has 1 heterocycles. The second-order valence-corrected chi connectivity index (χ2v) is 10.3. The van der Waals surface area contributed by atoms with E-state index in [2.05, 4.69) is 22.0 Å². The summed E-state index contributed by atoms with van der Waals surface area (Å²) in [5.74, 6) is -0.134. The zero-order valence-corrected chi connectivity index (χ0v) is 24.4. The van der Waals surface area contributed by atoms with E-state index in [0.29, 0.717) is 17.5 Å². The van der Waals surface area contributed by atoms with Gasteiger partial charge in [0, 0.05) is 23.2 Å². The maximum atomic E-state index is 12.1. The van der Waals surface area contributed by atoms with Crippen molar-refractivity contribution in [3.05, 3.63) is 111 Å². The summed E-state index contributed by atoms with van der Waals surface area (Å²) in [5.41, 5.74) is 8.24. The summed E-state index contributed by atoms with van der Waals surface area (Å²) < 4.78 is 3.40. The van der Waals surface area contributed by atoms with Crippen LogP contribution in [0.5, 0.6) is 0 Å². The Balaban J connectivity index is 0.000000242. The van der Waals surface area contributed by atoms with Crippen molar-refractivity contribution in [1.29, 1.82) is 0 Å². The lowest BCUT2D eigenvalue weighted by Crippen LogP contribution is -2.35. The highest BCUT2D eigenvalue weighted by Crippen LogP contribution is 2.29. The van der Waals surface area contributed by atoms with Gasteiger partial charge in [-0.25, -0.2) is 0 Å². The van der Waals surface area contributed by atoms with Gasteiger partial charge in [0.1, 0.15) is 0 Å². The lowest BCUT2D eigenvalue weighted by atomic mass is 9.91. The van der Waals surface area contributed by atoms with Gasteiger partial charge in [0.15, 0.2) is 0 Å². The van der Waals surface area contributed by atoms with Crippen molar-refractivity contribution in [2.75, 3.05) is 6.26 Å². The first-order chi connectivity index (χ1) is 19.8. The van der Waals surface area contributed by atoms with Crippen molar-refractivity contribution in [3.8, 4) is 0 Å². The van der Waals surface area contributed by atoms with Crippen LogP contribution in [-0.2, 0) is 17.8 Å². The lowest BCUT2D eigenvalue weighted by Gasteiger charge is -2.26. The molecule has 220 valence electrons. The van der Waals surface area contributed by atoms with Gasteiger partial charge in [0.05, 0.1) is 17.6 Å². The largest absolute Gasteiger partial charge is 0.392 e. The Kier molecular flexibility index (Phi) is 15.2. The van der Waals surface area contributed by atoms with Gasteiger partial charge in [-0.05, 0) is 55.2 Å². The molecule has 0 radical (unpaired) electrons. The number of rotatable bonds is 5. The molecular formula is C31H40N4O5S. The highest BCUT2D eigenvalue weighted by atomic mass is 32.2. The number of fused-ring (bicyclic) bond motifs is 1. The third-order valence-corrected chi connectivity index (χ3v) is 7.31. The molecule has 0 spiro atoms. The van der Waals surface area contributed by atoms with Gasteiger partial charge in [-0.1, -0.05) is 91.9 Å². The molecule has 3 aromatic rings. The smallest absolute Gasteiger partial charge is 0.272 e. The topological polar surface area (TPSA) is 148 Å². The Bertz CT molecular complexity index is 1230. The molecule has 0 aromatic heterocycles. The number of amides is 2. The van der Waals surface area contributed by atoms with Gasteiger partial charge in [-0.15, -0.1) is 0 Å². The number of benzene rings is 3. The quantitative estimate of drug-likeness (QED) is 0.137. The average molecular weight is 581 g/mol. The molecular weight excluding hydrogens is 540 g/mol. The monoisotopic (exact) mass is 580 g/mol. The molecule has 1 aliphatic carbocycles. The number of nitrogens with two attached hydrogens (primary N) is 1. The fraction of sp³-hybridized carbons (Fsp3) is 0.355. The molecule has 2 amide bonds. The summed E-state index contributed by atoms with van der Waals surface area (Å²) in [7, 11) is 0. The molecule has 3 aromatic carbocycles. The molecule has 1 aliphatic heterocycles. The fourth-order valence-electron chi connectivity index (χ4n) is 4.64.